The third-order valence-electron chi connectivity index (χ3n) is 7.88. The van der Waals surface area contributed by atoms with Gasteiger partial charge in [-0.3, -0.25) is 14.4 Å². The lowest BCUT2D eigenvalue weighted by Gasteiger charge is -2.28. The highest BCUT2D eigenvalue weighted by Crippen LogP contribution is 2.41. The van der Waals surface area contributed by atoms with Crippen molar-refractivity contribution in [2.45, 2.75) is 77.8 Å². The minimum atomic E-state index is -0.211. The Labute approximate surface area is 271 Å². The van der Waals surface area contributed by atoms with Crippen LogP contribution in [-0.2, 0) is 41.7 Å². The fourth-order valence-corrected chi connectivity index (χ4v) is 5.46. The summed E-state index contributed by atoms with van der Waals surface area (Å²) in [5.74, 6) is -0.534. The Morgan fingerprint density at radius 1 is 0.848 bits per heavy atom. The molecule has 1 aliphatic heterocycles. The number of fused-ring (bicyclic) bond motifs is 5. The highest BCUT2D eigenvalue weighted by Gasteiger charge is 2.29. The predicted molar refractivity (Wildman–Crippen MR) is 176 cm³/mol. The van der Waals surface area contributed by atoms with E-state index in [4.69, 9.17) is 14.2 Å². The van der Waals surface area contributed by atoms with Crippen molar-refractivity contribution in [3.63, 3.8) is 0 Å². The molecule has 2 amide bonds. The van der Waals surface area contributed by atoms with Crippen molar-refractivity contribution in [3.05, 3.63) is 54.1 Å². The molecule has 3 aromatic rings. The van der Waals surface area contributed by atoms with Crippen LogP contribution in [0.4, 0.5) is 5.69 Å². The second-order valence-electron chi connectivity index (χ2n) is 11.4. The van der Waals surface area contributed by atoms with Gasteiger partial charge in [-0.15, -0.1) is 5.10 Å². The van der Waals surface area contributed by atoms with Gasteiger partial charge in [0.25, 0.3) is 0 Å². The molecule has 1 N–H and O–H groups in total. The van der Waals surface area contributed by atoms with Crippen molar-refractivity contribution in [2.24, 2.45) is 0 Å². The highest BCUT2D eigenvalue weighted by molar-refractivity contribution is 6.01. The molecule has 0 radical (unpaired) electrons. The fraction of sp³-hybridized carbons (Fsp3) is 0.514. The molecule has 0 fully saturated rings. The van der Waals surface area contributed by atoms with Gasteiger partial charge in [-0.2, -0.15) is 0 Å². The molecule has 0 unspecified atom stereocenters. The Bertz CT molecular complexity index is 1420. The van der Waals surface area contributed by atoms with Gasteiger partial charge in [0.2, 0.25) is 11.8 Å². The summed E-state index contributed by atoms with van der Waals surface area (Å²) in [6.07, 6.45) is 6.16. The van der Waals surface area contributed by atoms with Crippen molar-refractivity contribution in [3.8, 4) is 22.5 Å². The number of rotatable bonds is 19. The maximum atomic E-state index is 13.8. The minimum absolute atomic E-state index is 0.0639. The second-order valence-corrected chi connectivity index (χ2v) is 11.4. The van der Waals surface area contributed by atoms with E-state index in [1.54, 1.807) is 16.7 Å². The number of hydrogen-bond acceptors (Lipinski definition) is 8. The maximum Gasteiger partial charge on any atom is 0.305 e. The van der Waals surface area contributed by atoms with Crippen molar-refractivity contribution in [1.29, 1.82) is 0 Å². The molecule has 0 atom stereocenters. The van der Waals surface area contributed by atoms with Gasteiger partial charge in [-0.25, -0.2) is 4.68 Å². The Kier molecular flexibility index (Phi) is 14.2. The quantitative estimate of drug-likeness (QED) is 0.139. The molecule has 11 nitrogen and oxygen atoms in total. The van der Waals surface area contributed by atoms with Crippen LogP contribution in [0.3, 0.4) is 0 Å². The van der Waals surface area contributed by atoms with Gasteiger partial charge >= 0.3 is 5.97 Å². The number of anilines is 1. The average molecular weight is 634 g/mol. The summed E-state index contributed by atoms with van der Waals surface area (Å²) in [5, 5.41) is 11.9. The molecule has 0 spiro atoms. The molecule has 2 aromatic carbocycles. The van der Waals surface area contributed by atoms with Crippen LogP contribution in [0.1, 0.15) is 70.3 Å². The standard InChI is InChI=1S/C35H47N5O6/c1-3-4-5-6-17-33(43)46-25-21-40-35-29-15-9-10-16-30(29)39(26-27-13-7-8-14-28(27)34(35)37-38-40)32(42)19-18-31(41)36-20-11-23-45-24-12-22-44-2/h7-10,13-16H,3-6,11-12,17-26H2,1-2H3,(H,36,41). The smallest absolute Gasteiger partial charge is 0.305 e. The van der Waals surface area contributed by atoms with Gasteiger partial charge in [-0.05, 0) is 30.9 Å². The molecule has 0 bridgehead atoms. The first-order valence-electron chi connectivity index (χ1n) is 16.4. The number of carbonyl (C=O) groups is 3. The van der Waals surface area contributed by atoms with E-state index >= 15 is 0 Å². The zero-order valence-corrected chi connectivity index (χ0v) is 27.2. The molecule has 1 aliphatic rings. The van der Waals surface area contributed by atoms with Crippen molar-refractivity contribution >= 4 is 23.5 Å². The van der Waals surface area contributed by atoms with Crippen LogP contribution in [0, 0.1) is 0 Å². The Morgan fingerprint density at radius 3 is 2.46 bits per heavy atom. The van der Waals surface area contributed by atoms with Crippen LogP contribution >= 0.6 is 0 Å². The number of para-hydroxylation sites is 1. The monoisotopic (exact) mass is 633 g/mol. The normalized spacial score (nSPS) is 12.0. The van der Waals surface area contributed by atoms with E-state index in [2.05, 4.69) is 22.6 Å². The van der Waals surface area contributed by atoms with E-state index in [-0.39, 0.29) is 37.2 Å². The van der Waals surface area contributed by atoms with E-state index < -0.39 is 0 Å². The number of benzene rings is 2. The number of ether oxygens (including phenoxy) is 3. The van der Waals surface area contributed by atoms with E-state index in [9.17, 15) is 14.4 Å². The van der Waals surface area contributed by atoms with E-state index in [1.165, 1.54) is 0 Å². The maximum absolute atomic E-state index is 13.8. The summed E-state index contributed by atoms with van der Waals surface area (Å²) in [6.45, 7) is 5.30. The first-order valence-corrected chi connectivity index (χ1v) is 16.4. The van der Waals surface area contributed by atoms with Crippen molar-refractivity contribution in [1.82, 2.24) is 20.3 Å². The van der Waals surface area contributed by atoms with Crippen LogP contribution in [0.15, 0.2) is 48.5 Å². The molecule has 2 heterocycles. The Balaban J connectivity index is 1.44. The number of esters is 1. The second kappa shape index (κ2) is 18.8. The molecule has 11 heteroatoms. The first-order chi connectivity index (χ1) is 22.5. The lowest BCUT2D eigenvalue weighted by molar-refractivity contribution is -0.144. The Hall–Kier alpha value is -4.09. The molecule has 4 rings (SSSR count). The number of aromatic nitrogens is 3. The summed E-state index contributed by atoms with van der Waals surface area (Å²) in [5.41, 5.74) is 4.78. The summed E-state index contributed by atoms with van der Waals surface area (Å²) >= 11 is 0. The Morgan fingerprint density at radius 2 is 1.63 bits per heavy atom. The van der Waals surface area contributed by atoms with Crippen LogP contribution < -0.4 is 10.2 Å². The van der Waals surface area contributed by atoms with Crippen LogP contribution in [0.5, 0.6) is 0 Å². The van der Waals surface area contributed by atoms with Gasteiger partial charge in [0, 0.05) is 63.9 Å². The third-order valence-corrected chi connectivity index (χ3v) is 7.88. The number of amides is 2. The molecular weight excluding hydrogens is 586 g/mol. The molecular formula is C35H47N5O6. The van der Waals surface area contributed by atoms with Crippen LogP contribution in [0.2, 0.25) is 0 Å². The van der Waals surface area contributed by atoms with E-state index in [0.717, 1.165) is 54.5 Å². The number of hydrogen-bond donors (Lipinski definition) is 1. The summed E-state index contributed by atoms with van der Waals surface area (Å²) < 4.78 is 17.8. The van der Waals surface area contributed by atoms with Crippen LogP contribution in [-0.4, -0.2) is 72.9 Å². The number of carbonyl (C=O) groups excluding carboxylic acids is 3. The zero-order chi connectivity index (χ0) is 32.6. The topological polar surface area (TPSA) is 125 Å². The number of nitrogens with one attached hydrogen (secondary N) is 1. The summed E-state index contributed by atoms with van der Waals surface area (Å²) in [7, 11) is 1.66. The van der Waals surface area contributed by atoms with Crippen molar-refractivity contribution in [2.75, 3.05) is 45.0 Å². The van der Waals surface area contributed by atoms with E-state index in [0.29, 0.717) is 63.7 Å². The number of methoxy groups -OCH3 is 1. The lowest BCUT2D eigenvalue weighted by atomic mass is 9.95. The van der Waals surface area contributed by atoms with Gasteiger partial charge in [0.1, 0.15) is 12.3 Å². The number of nitrogens with zero attached hydrogens (tertiary/aromatic N) is 4. The molecule has 0 saturated carbocycles. The van der Waals surface area contributed by atoms with Crippen molar-refractivity contribution < 1.29 is 28.6 Å². The largest absolute Gasteiger partial charge is 0.464 e. The fourth-order valence-electron chi connectivity index (χ4n) is 5.46. The van der Waals surface area contributed by atoms with Gasteiger partial charge in [0.15, 0.2) is 0 Å². The summed E-state index contributed by atoms with van der Waals surface area (Å²) in [4.78, 5) is 40.4. The lowest BCUT2D eigenvalue weighted by Crippen LogP contribution is -2.33. The van der Waals surface area contributed by atoms with Gasteiger partial charge in [0.05, 0.1) is 24.5 Å². The van der Waals surface area contributed by atoms with Crippen LogP contribution in [0.25, 0.3) is 22.5 Å². The average Bonchev–Trinajstić information content (AvgIpc) is 3.48. The zero-order valence-electron chi connectivity index (χ0n) is 27.2. The summed E-state index contributed by atoms with van der Waals surface area (Å²) in [6, 6.07) is 15.5. The third kappa shape index (κ3) is 9.95. The predicted octanol–water partition coefficient (Wildman–Crippen LogP) is 5.31. The SMILES string of the molecule is CCCCCCC(=O)OCCn1nnc2c1-c1ccccc1N(C(=O)CCC(=O)NCCCOCCCOC)Cc1ccccc1-2. The van der Waals surface area contributed by atoms with Gasteiger partial charge < -0.3 is 24.4 Å². The molecule has 0 aliphatic carbocycles. The van der Waals surface area contributed by atoms with E-state index in [1.807, 2.05) is 48.5 Å². The minimum Gasteiger partial charge on any atom is -0.464 e. The molecule has 46 heavy (non-hydrogen) atoms. The molecule has 1 aromatic heterocycles. The number of unbranched alkanes of at least 4 members (excludes halogenated alkanes) is 3. The molecule has 0 saturated heterocycles. The first kappa shape index (κ1) is 34.8. The molecule has 248 valence electrons. The van der Waals surface area contributed by atoms with Gasteiger partial charge in [-0.1, -0.05) is 73.9 Å². The highest BCUT2D eigenvalue weighted by atomic mass is 16.5.